The van der Waals surface area contributed by atoms with Crippen molar-refractivity contribution in [3.63, 3.8) is 0 Å². The lowest BCUT2D eigenvalue weighted by molar-refractivity contribution is 0.103. The molecular weight excluding hydrogens is 295 g/mol. The highest BCUT2D eigenvalue weighted by molar-refractivity contribution is 6.44. The van der Waals surface area contributed by atoms with E-state index in [4.69, 9.17) is 23.2 Å². The summed E-state index contributed by atoms with van der Waals surface area (Å²) in [6.07, 6.45) is 3.20. The average molecular weight is 303 g/mol. The van der Waals surface area contributed by atoms with Crippen molar-refractivity contribution in [2.45, 2.75) is 0 Å². The zero-order chi connectivity index (χ0) is 14.1. The summed E-state index contributed by atoms with van der Waals surface area (Å²) >= 11 is 12.0. The number of hydrogen-bond acceptors (Lipinski definition) is 3. The van der Waals surface area contributed by atoms with Crippen LogP contribution in [0.3, 0.4) is 0 Å². The SMILES string of the molecule is O=C(c1ccc2nccnc2c1)c1cccc(Cl)c1Cl. The number of carbonyl (C=O) groups excluding carboxylic acids is 1. The second kappa shape index (κ2) is 5.19. The van der Waals surface area contributed by atoms with Crippen molar-refractivity contribution in [3.05, 3.63) is 70.0 Å². The van der Waals surface area contributed by atoms with Gasteiger partial charge in [0.2, 0.25) is 0 Å². The summed E-state index contributed by atoms with van der Waals surface area (Å²) in [5, 5.41) is 0.622. The number of benzene rings is 2. The monoisotopic (exact) mass is 302 g/mol. The zero-order valence-electron chi connectivity index (χ0n) is 10.2. The van der Waals surface area contributed by atoms with Gasteiger partial charge in [0.1, 0.15) is 0 Å². The fourth-order valence-electron chi connectivity index (χ4n) is 1.94. The number of hydrogen-bond donors (Lipinski definition) is 0. The first-order valence-corrected chi connectivity index (χ1v) is 6.62. The molecule has 3 rings (SSSR count). The van der Waals surface area contributed by atoms with Crippen LogP contribution >= 0.6 is 23.2 Å². The summed E-state index contributed by atoms with van der Waals surface area (Å²) in [4.78, 5) is 20.8. The molecule has 3 aromatic rings. The Labute approximate surface area is 125 Å². The minimum atomic E-state index is -0.190. The van der Waals surface area contributed by atoms with Crippen LogP contribution in [0.15, 0.2) is 48.8 Å². The van der Waals surface area contributed by atoms with Crippen LogP contribution in [0.25, 0.3) is 11.0 Å². The molecule has 20 heavy (non-hydrogen) atoms. The molecular formula is C15H8Cl2N2O. The normalized spacial score (nSPS) is 10.7. The van der Waals surface area contributed by atoms with Crippen molar-refractivity contribution in [1.82, 2.24) is 9.97 Å². The van der Waals surface area contributed by atoms with Crippen molar-refractivity contribution >= 4 is 40.0 Å². The van der Waals surface area contributed by atoms with Crippen molar-refractivity contribution in [2.24, 2.45) is 0 Å². The van der Waals surface area contributed by atoms with Crippen molar-refractivity contribution in [3.8, 4) is 0 Å². The Morgan fingerprint density at radius 3 is 2.50 bits per heavy atom. The van der Waals surface area contributed by atoms with Gasteiger partial charge in [-0.15, -0.1) is 0 Å². The van der Waals surface area contributed by atoms with E-state index < -0.39 is 0 Å². The van der Waals surface area contributed by atoms with Crippen molar-refractivity contribution < 1.29 is 4.79 Å². The molecule has 0 radical (unpaired) electrons. The summed E-state index contributed by atoms with van der Waals surface area (Å²) in [5.41, 5.74) is 2.28. The number of aromatic nitrogens is 2. The van der Waals surface area contributed by atoms with E-state index >= 15 is 0 Å². The van der Waals surface area contributed by atoms with E-state index in [0.29, 0.717) is 21.7 Å². The number of ketones is 1. The molecule has 0 amide bonds. The van der Waals surface area contributed by atoms with Gasteiger partial charge in [-0.25, -0.2) is 0 Å². The van der Waals surface area contributed by atoms with Gasteiger partial charge in [0.25, 0.3) is 0 Å². The molecule has 0 aliphatic rings. The van der Waals surface area contributed by atoms with Gasteiger partial charge >= 0.3 is 0 Å². The predicted octanol–water partition coefficient (Wildman–Crippen LogP) is 4.17. The van der Waals surface area contributed by atoms with Crippen LogP contribution in [0.5, 0.6) is 0 Å². The molecule has 2 aromatic carbocycles. The Hall–Kier alpha value is -1.97. The summed E-state index contributed by atoms with van der Waals surface area (Å²) in [7, 11) is 0. The van der Waals surface area contributed by atoms with Crippen LogP contribution in [-0.2, 0) is 0 Å². The van der Waals surface area contributed by atoms with Gasteiger partial charge in [0.05, 0.1) is 21.1 Å². The molecule has 5 heteroatoms. The van der Waals surface area contributed by atoms with E-state index in [1.54, 1.807) is 48.8 Å². The number of carbonyl (C=O) groups is 1. The quantitative estimate of drug-likeness (QED) is 0.667. The number of halogens is 2. The Morgan fingerprint density at radius 2 is 1.70 bits per heavy atom. The summed E-state index contributed by atoms with van der Waals surface area (Å²) in [6.45, 7) is 0. The second-order valence-corrected chi connectivity index (χ2v) is 4.98. The highest BCUT2D eigenvalue weighted by atomic mass is 35.5. The third-order valence-electron chi connectivity index (χ3n) is 2.93. The molecule has 0 bridgehead atoms. The molecule has 3 nitrogen and oxygen atoms in total. The van der Waals surface area contributed by atoms with Crippen molar-refractivity contribution in [1.29, 1.82) is 0 Å². The average Bonchev–Trinajstić information content (AvgIpc) is 2.49. The van der Waals surface area contributed by atoms with Crippen molar-refractivity contribution in [2.75, 3.05) is 0 Å². The number of fused-ring (bicyclic) bond motifs is 1. The Balaban J connectivity index is 2.10. The zero-order valence-corrected chi connectivity index (χ0v) is 11.7. The molecule has 0 atom stereocenters. The molecule has 0 unspecified atom stereocenters. The first-order valence-electron chi connectivity index (χ1n) is 5.86. The molecule has 0 aliphatic heterocycles. The van der Waals surface area contributed by atoms with Gasteiger partial charge in [0, 0.05) is 23.5 Å². The molecule has 0 saturated heterocycles. The van der Waals surface area contributed by atoms with Crippen LogP contribution in [0.2, 0.25) is 10.0 Å². The topological polar surface area (TPSA) is 42.9 Å². The summed E-state index contributed by atoms with van der Waals surface area (Å²) in [5.74, 6) is -0.190. The first-order chi connectivity index (χ1) is 9.66. The lowest BCUT2D eigenvalue weighted by Crippen LogP contribution is -2.02. The van der Waals surface area contributed by atoms with Gasteiger partial charge in [-0.3, -0.25) is 14.8 Å². The standard InChI is InChI=1S/C15H8Cl2N2O/c16-11-3-1-2-10(14(11)17)15(20)9-4-5-12-13(8-9)19-7-6-18-12/h1-8H. The second-order valence-electron chi connectivity index (χ2n) is 4.19. The highest BCUT2D eigenvalue weighted by Gasteiger charge is 2.15. The molecule has 0 N–H and O–H groups in total. The predicted molar refractivity (Wildman–Crippen MR) is 79.4 cm³/mol. The molecule has 0 spiro atoms. The molecule has 0 saturated carbocycles. The molecule has 0 fully saturated rings. The van der Waals surface area contributed by atoms with E-state index in [-0.39, 0.29) is 10.8 Å². The maximum absolute atomic E-state index is 12.5. The fraction of sp³-hybridized carbons (Fsp3) is 0. The lowest BCUT2D eigenvalue weighted by Gasteiger charge is -2.05. The van der Waals surface area contributed by atoms with Crippen LogP contribution in [0.1, 0.15) is 15.9 Å². The van der Waals surface area contributed by atoms with Gasteiger partial charge in [-0.1, -0.05) is 29.3 Å². The molecule has 98 valence electrons. The third kappa shape index (κ3) is 2.26. The minimum absolute atomic E-state index is 0.190. The lowest BCUT2D eigenvalue weighted by atomic mass is 10.0. The smallest absolute Gasteiger partial charge is 0.194 e. The molecule has 0 aliphatic carbocycles. The van der Waals surface area contributed by atoms with E-state index in [1.165, 1.54) is 0 Å². The maximum atomic E-state index is 12.5. The Morgan fingerprint density at radius 1 is 0.950 bits per heavy atom. The summed E-state index contributed by atoms with van der Waals surface area (Å²) < 4.78 is 0. The highest BCUT2D eigenvalue weighted by Crippen LogP contribution is 2.27. The third-order valence-corrected chi connectivity index (χ3v) is 3.75. The fourth-order valence-corrected chi connectivity index (χ4v) is 2.33. The van der Waals surface area contributed by atoms with E-state index in [0.717, 1.165) is 5.52 Å². The molecule has 1 aromatic heterocycles. The largest absolute Gasteiger partial charge is 0.289 e. The minimum Gasteiger partial charge on any atom is -0.289 e. The van der Waals surface area contributed by atoms with E-state index in [9.17, 15) is 4.79 Å². The number of nitrogens with zero attached hydrogens (tertiary/aromatic N) is 2. The number of rotatable bonds is 2. The van der Waals surface area contributed by atoms with Gasteiger partial charge in [-0.2, -0.15) is 0 Å². The summed E-state index contributed by atoms with van der Waals surface area (Å²) in [6, 6.07) is 10.2. The van der Waals surface area contributed by atoms with Crippen LogP contribution in [0, 0.1) is 0 Å². The van der Waals surface area contributed by atoms with Gasteiger partial charge in [-0.05, 0) is 30.3 Å². The van der Waals surface area contributed by atoms with E-state index in [1.807, 2.05) is 0 Å². The Kier molecular flexibility index (Phi) is 3.38. The van der Waals surface area contributed by atoms with Crippen LogP contribution in [0.4, 0.5) is 0 Å². The maximum Gasteiger partial charge on any atom is 0.194 e. The van der Waals surface area contributed by atoms with E-state index in [2.05, 4.69) is 9.97 Å². The molecule has 1 heterocycles. The van der Waals surface area contributed by atoms with Crippen LogP contribution in [-0.4, -0.2) is 15.8 Å². The van der Waals surface area contributed by atoms with Gasteiger partial charge in [0.15, 0.2) is 5.78 Å². The Bertz CT molecular complexity index is 818. The van der Waals surface area contributed by atoms with Crippen LogP contribution < -0.4 is 0 Å². The first kappa shape index (κ1) is 13.0. The van der Waals surface area contributed by atoms with Gasteiger partial charge < -0.3 is 0 Å².